The Hall–Kier alpha value is -3.65. The molecule has 29 heavy (non-hydrogen) atoms. The first-order chi connectivity index (χ1) is 13.8. The number of barbiturate groups is 1. The summed E-state index contributed by atoms with van der Waals surface area (Å²) in [5.74, 6) is -1.91. The molecule has 0 atom stereocenters. The Morgan fingerprint density at radius 2 is 1.97 bits per heavy atom. The van der Waals surface area contributed by atoms with Crippen molar-refractivity contribution in [2.45, 2.75) is 6.92 Å². The highest BCUT2D eigenvalue weighted by atomic mass is 35.5. The minimum absolute atomic E-state index is 0.240. The minimum atomic E-state index is -0.860. The molecule has 0 aromatic heterocycles. The van der Waals surface area contributed by atoms with Crippen LogP contribution in [-0.4, -0.2) is 30.4 Å². The Bertz CT molecular complexity index is 1060. The summed E-state index contributed by atoms with van der Waals surface area (Å²) in [6.07, 6.45) is 1.33. The van der Waals surface area contributed by atoms with Gasteiger partial charge in [0.15, 0.2) is 6.61 Å². The molecule has 0 saturated carbocycles. The molecule has 1 heterocycles. The number of imide groups is 2. The Labute approximate surface area is 170 Å². The van der Waals surface area contributed by atoms with Crippen molar-refractivity contribution in [3.05, 3.63) is 64.2 Å². The van der Waals surface area contributed by atoms with Crippen molar-refractivity contribution in [2.24, 2.45) is 5.73 Å². The third-order valence-electron chi connectivity index (χ3n) is 4.06. The van der Waals surface area contributed by atoms with Crippen LogP contribution in [0.15, 0.2) is 48.0 Å². The van der Waals surface area contributed by atoms with Gasteiger partial charge in [-0.25, -0.2) is 9.69 Å². The number of carbonyl (C=O) groups excluding carboxylic acids is 4. The zero-order valence-corrected chi connectivity index (χ0v) is 16.0. The Morgan fingerprint density at radius 3 is 2.69 bits per heavy atom. The number of primary amides is 1. The zero-order chi connectivity index (χ0) is 21.1. The molecule has 2 aromatic rings. The molecule has 0 spiro atoms. The molecule has 1 aliphatic rings. The van der Waals surface area contributed by atoms with Gasteiger partial charge in [-0.2, -0.15) is 0 Å². The Morgan fingerprint density at radius 1 is 1.21 bits per heavy atom. The monoisotopic (exact) mass is 413 g/mol. The second-order valence-electron chi connectivity index (χ2n) is 6.22. The molecule has 1 fully saturated rings. The molecule has 2 aromatic carbocycles. The number of nitrogens with zero attached hydrogens (tertiary/aromatic N) is 1. The van der Waals surface area contributed by atoms with Crippen LogP contribution in [0.3, 0.4) is 0 Å². The molecule has 3 rings (SSSR count). The van der Waals surface area contributed by atoms with E-state index in [9.17, 15) is 19.2 Å². The molecule has 9 heteroatoms. The van der Waals surface area contributed by atoms with Crippen molar-refractivity contribution in [1.82, 2.24) is 5.32 Å². The number of nitrogens with one attached hydrogen (secondary N) is 1. The molecule has 1 aliphatic heterocycles. The summed E-state index contributed by atoms with van der Waals surface area (Å²) in [5.41, 5.74) is 6.18. The van der Waals surface area contributed by atoms with E-state index in [0.717, 1.165) is 4.90 Å². The molecule has 148 valence electrons. The van der Waals surface area contributed by atoms with Gasteiger partial charge in [-0.3, -0.25) is 19.7 Å². The highest BCUT2D eigenvalue weighted by Crippen LogP contribution is 2.28. The van der Waals surface area contributed by atoms with Gasteiger partial charge in [-0.05, 0) is 48.4 Å². The fourth-order valence-corrected chi connectivity index (χ4v) is 2.88. The van der Waals surface area contributed by atoms with Crippen LogP contribution in [0.25, 0.3) is 6.08 Å². The maximum Gasteiger partial charge on any atom is 0.335 e. The van der Waals surface area contributed by atoms with E-state index in [0.29, 0.717) is 21.9 Å². The van der Waals surface area contributed by atoms with E-state index < -0.39 is 23.8 Å². The molecular formula is C20H16ClN3O5. The van der Waals surface area contributed by atoms with E-state index in [1.807, 2.05) is 0 Å². The summed E-state index contributed by atoms with van der Waals surface area (Å²) < 4.78 is 5.22. The van der Waals surface area contributed by atoms with Crippen molar-refractivity contribution in [1.29, 1.82) is 0 Å². The fraction of sp³-hybridized carbons (Fsp3) is 0.100. The van der Waals surface area contributed by atoms with E-state index in [2.05, 4.69) is 5.32 Å². The van der Waals surface area contributed by atoms with Crippen LogP contribution in [-0.2, 0) is 14.4 Å². The molecule has 8 nitrogen and oxygen atoms in total. The van der Waals surface area contributed by atoms with Gasteiger partial charge in [0.05, 0.1) is 5.69 Å². The van der Waals surface area contributed by atoms with Crippen molar-refractivity contribution in [3.8, 4) is 5.75 Å². The van der Waals surface area contributed by atoms with Gasteiger partial charge in [0, 0.05) is 5.02 Å². The van der Waals surface area contributed by atoms with E-state index in [4.69, 9.17) is 22.1 Å². The Balaban J connectivity index is 1.96. The molecular weight excluding hydrogens is 398 g/mol. The summed E-state index contributed by atoms with van der Waals surface area (Å²) in [6.45, 7) is 1.40. The summed E-state index contributed by atoms with van der Waals surface area (Å²) in [7, 11) is 0. The lowest BCUT2D eigenvalue weighted by Gasteiger charge is -2.27. The number of hydrogen-bond donors (Lipinski definition) is 2. The van der Waals surface area contributed by atoms with Crippen LogP contribution in [0.4, 0.5) is 10.5 Å². The first-order valence-corrected chi connectivity index (χ1v) is 8.83. The number of halogens is 1. The quantitative estimate of drug-likeness (QED) is 0.575. The number of hydrogen-bond acceptors (Lipinski definition) is 5. The van der Waals surface area contributed by atoms with E-state index in [1.54, 1.807) is 37.3 Å². The van der Waals surface area contributed by atoms with Crippen LogP contribution in [0.2, 0.25) is 5.02 Å². The van der Waals surface area contributed by atoms with Crippen LogP contribution in [0, 0.1) is 6.92 Å². The third kappa shape index (κ3) is 4.44. The van der Waals surface area contributed by atoms with Crippen molar-refractivity contribution >= 4 is 47.1 Å². The zero-order valence-electron chi connectivity index (χ0n) is 15.3. The summed E-state index contributed by atoms with van der Waals surface area (Å²) in [5, 5.41) is 2.49. The lowest BCUT2D eigenvalue weighted by molar-refractivity contribution is -0.123. The van der Waals surface area contributed by atoms with Crippen LogP contribution in [0.5, 0.6) is 5.75 Å². The van der Waals surface area contributed by atoms with Gasteiger partial charge in [0.2, 0.25) is 0 Å². The van der Waals surface area contributed by atoms with Gasteiger partial charge in [-0.15, -0.1) is 0 Å². The molecule has 3 N–H and O–H groups in total. The van der Waals surface area contributed by atoms with Crippen LogP contribution in [0.1, 0.15) is 11.1 Å². The average Bonchev–Trinajstić information content (AvgIpc) is 2.66. The number of benzene rings is 2. The molecule has 1 saturated heterocycles. The second kappa shape index (κ2) is 8.15. The van der Waals surface area contributed by atoms with Gasteiger partial charge in [0.1, 0.15) is 11.3 Å². The molecule has 0 radical (unpaired) electrons. The van der Waals surface area contributed by atoms with Crippen molar-refractivity contribution in [2.75, 3.05) is 11.5 Å². The van der Waals surface area contributed by atoms with E-state index in [-0.39, 0.29) is 17.9 Å². The summed E-state index contributed by atoms with van der Waals surface area (Å²) in [4.78, 5) is 49.3. The lowest BCUT2D eigenvalue weighted by Crippen LogP contribution is -2.54. The lowest BCUT2D eigenvalue weighted by atomic mass is 10.1. The second-order valence-corrected chi connectivity index (χ2v) is 6.65. The standard InChI is InChI=1S/C20H16ClN3O5/c1-11-5-6-13(21)9-16(11)24-19(27)15(18(26)23-20(24)28)8-12-3-2-4-14(7-12)29-10-17(22)25/h2-9H,10H2,1H3,(H2,22,25)(H,23,26,28)/b15-8-. The molecule has 0 bridgehead atoms. The van der Waals surface area contributed by atoms with Gasteiger partial charge in [-0.1, -0.05) is 29.8 Å². The highest BCUT2D eigenvalue weighted by Gasteiger charge is 2.37. The number of rotatable bonds is 5. The minimum Gasteiger partial charge on any atom is -0.484 e. The van der Waals surface area contributed by atoms with Crippen LogP contribution >= 0.6 is 11.6 Å². The van der Waals surface area contributed by atoms with Crippen LogP contribution < -0.4 is 20.7 Å². The maximum absolute atomic E-state index is 13.0. The third-order valence-corrected chi connectivity index (χ3v) is 4.30. The smallest absolute Gasteiger partial charge is 0.335 e. The predicted octanol–water partition coefficient (Wildman–Crippen LogP) is 2.18. The first kappa shape index (κ1) is 20.1. The summed E-state index contributed by atoms with van der Waals surface area (Å²) in [6, 6.07) is 10.3. The van der Waals surface area contributed by atoms with Crippen molar-refractivity contribution in [3.63, 3.8) is 0 Å². The topological polar surface area (TPSA) is 119 Å². The summed E-state index contributed by atoms with van der Waals surface area (Å²) >= 11 is 6.00. The number of nitrogens with two attached hydrogens (primary N) is 1. The predicted molar refractivity (Wildman–Crippen MR) is 106 cm³/mol. The van der Waals surface area contributed by atoms with Crippen molar-refractivity contribution < 1.29 is 23.9 Å². The van der Waals surface area contributed by atoms with E-state index in [1.165, 1.54) is 18.2 Å². The highest BCUT2D eigenvalue weighted by molar-refractivity contribution is 6.39. The first-order valence-electron chi connectivity index (χ1n) is 8.45. The Kier molecular flexibility index (Phi) is 5.65. The van der Waals surface area contributed by atoms with Gasteiger partial charge >= 0.3 is 6.03 Å². The number of anilines is 1. The molecule has 0 unspecified atom stereocenters. The molecule has 0 aliphatic carbocycles. The number of carbonyl (C=O) groups is 4. The number of ether oxygens (including phenoxy) is 1. The number of amides is 5. The SMILES string of the molecule is Cc1ccc(Cl)cc1N1C(=O)NC(=O)/C(=C/c2cccc(OCC(N)=O)c2)C1=O. The largest absolute Gasteiger partial charge is 0.484 e. The number of aryl methyl sites for hydroxylation is 1. The fourth-order valence-electron chi connectivity index (χ4n) is 2.71. The van der Waals surface area contributed by atoms with Gasteiger partial charge < -0.3 is 10.5 Å². The maximum atomic E-state index is 13.0. The number of urea groups is 1. The molecule has 5 amide bonds. The van der Waals surface area contributed by atoms with Gasteiger partial charge in [0.25, 0.3) is 17.7 Å². The van der Waals surface area contributed by atoms with E-state index >= 15 is 0 Å². The normalized spacial score (nSPS) is 15.4. The average molecular weight is 414 g/mol.